The lowest BCUT2D eigenvalue weighted by Gasteiger charge is -2.52. The van der Waals surface area contributed by atoms with Gasteiger partial charge in [0.25, 0.3) is 0 Å². The molecule has 2 aliphatic carbocycles. The normalized spacial score (nSPS) is 13.9. The Morgan fingerprint density at radius 3 is 0.531 bits per heavy atom. The number of benzene rings is 12. The van der Waals surface area contributed by atoms with Crippen molar-refractivity contribution in [2.75, 3.05) is 54.9 Å². The maximum Gasteiger partial charge on any atom is 0.343 e. The number of aryl methyl sites for hydroxylation is 12. The van der Waals surface area contributed by atoms with E-state index in [0.717, 1.165) is 0 Å². The lowest BCUT2D eigenvalue weighted by Crippen LogP contribution is -2.43. The number of ether oxygens (including phenoxy) is 8. The number of hydrogen-bond donors (Lipinski definition) is 16. The van der Waals surface area contributed by atoms with Crippen molar-refractivity contribution in [1.82, 2.24) is 0 Å². The summed E-state index contributed by atoms with van der Waals surface area (Å²) in [4.78, 5) is 54.2. The number of hydrogen-bond acceptors (Lipinski definition) is 28. The molecule has 12 aromatic rings. The molecule has 0 atom stereocenters. The number of carbonyl (C=O) groups excluding carboxylic acids is 4. The van der Waals surface area contributed by atoms with Gasteiger partial charge in [-0.05, 0) is 382 Å². The summed E-state index contributed by atoms with van der Waals surface area (Å²) < 4.78 is 47.6. The highest BCUT2D eigenvalue weighted by atomic mass is 16.6. The van der Waals surface area contributed by atoms with Crippen molar-refractivity contribution in [3.8, 4) is 115 Å². The van der Waals surface area contributed by atoms with Crippen LogP contribution < -0.4 is 18.9 Å². The molecule has 2 fully saturated rings. The van der Waals surface area contributed by atoms with Gasteiger partial charge in [0.15, 0.2) is 118 Å². The second-order valence-corrected chi connectivity index (χ2v) is 39.2. The Kier molecular flexibility index (Phi) is 29.6. The van der Waals surface area contributed by atoms with Crippen molar-refractivity contribution in [1.29, 1.82) is 0 Å². The fourth-order valence-corrected chi connectivity index (χ4v) is 22.3. The van der Waals surface area contributed by atoms with E-state index in [2.05, 4.69) is 13.8 Å². The first-order chi connectivity index (χ1) is 67.6. The summed E-state index contributed by atoms with van der Waals surface area (Å²) in [5.74, 6) is -13.8. The van der Waals surface area contributed by atoms with E-state index in [9.17, 15) is 101 Å². The molecule has 0 bridgehead atoms. The molecule has 28 heteroatoms. The molecule has 0 amide bonds. The Morgan fingerprint density at radius 2 is 0.385 bits per heavy atom. The van der Waals surface area contributed by atoms with Crippen molar-refractivity contribution in [3.05, 3.63) is 301 Å². The van der Waals surface area contributed by atoms with E-state index in [0.29, 0.717) is 207 Å². The average molecular weight is 1950 g/mol. The minimum Gasteiger partial charge on any atom is -0.504 e. The summed E-state index contributed by atoms with van der Waals surface area (Å²) >= 11 is 0. The highest BCUT2D eigenvalue weighted by molar-refractivity contribution is 5.76. The molecule has 0 heterocycles. The first-order valence-electron chi connectivity index (χ1n) is 47.2. The molecule has 0 saturated heterocycles. The Balaban J connectivity index is 1.01. The van der Waals surface area contributed by atoms with Crippen LogP contribution in [0, 0.1) is 100 Å². The quantitative estimate of drug-likeness (QED) is 0.00860. The third-order valence-corrected chi connectivity index (χ3v) is 30.1. The van der Waals surface area contributed by atoms with Gasteiger partial charge in [-0.15, -0.1) is 0 Å². The van der Waals surface area contributed by atoms with Gasteiger partial charge in [-0.2, -0.15) is 0 Å². The van der Waals surface area contributed by atoms with E-state index in [1.165, 1.54) is 126 Å². The molecular formula is C115H124O28. The zero-order valence-corrected chi connectivity index (χ0v) is 83.4. The number of esters is 4. The molecule has 0 unspecified atom stereocenters. The zero-order chi connectivity index (χ0) is 104. The van der Waals surface area contributed by atoms with Crippen molar-refractivity contribution in [2.45, 2.75) is 183 Å². The van der Waals surface area contributed by atoms with Crippen molar-refractivity contribution < 1.29 is 139 Å². The van der Waals surface area contributed by atoms with Crippen LogP contribution in [0.2, 0.25) is 0 Å². The summed E-state index contributed by atoms with van der Waals surface area (Å²) in [5.41, 5.74) is 10.8. The minimum atomic E-state index is -1.15. The van der Waals surface area contributed by atoms with E-state index < -0.39 is 182 Å². The number of methoxy groups -OCH3 is 4. The van der Waals surface area contributed by atoms with E-state index in [1.807, 2.05) is 76.2 Å². The van der Waals surface area contributed by atoms with Crippen LogP contribution in [0.1, 0.15) is 245 Å². The Labute approximate surface area is 829 Å². The first kappa shape index (κ1) is 103. The Morgan fingerprint density at radius 1 is 0.238 bits per heavy atom. The molecule has 16 N–H and O–H groups in total. The fraction of sp³-hybridized carbons (Fsp3) is 0.339. The molecule has 0 radical (unpaired) electrons. The van der Waals surface area contributed by atoms with Gasteiger partial charge in [0.2, 0.25) is 0 Å². The van der Waals surface area contributed by atoms with Gasteiger partial charge in [0.1, 0.15) is 23.0 Å². The predicted octanol–water partition coefficient (Wildman–Crippen LogP) is 20.3. The number of rotatable bonds is 30. The van der Waals surface area contributed by atoms with Crippen LogP contribution in [-0.2, 0) is 49.0 Å². The topological polar surface area (TPSA) is 466 Å². The Bertz CT molecular complexity index is 5970. The fourth-order valence-electron chi connectivity index (χ4n) is 22.3. The van der Waals surface area contributed by atoms with Crippen LogP contribution in [0.15, 0.2) is 146 Å². The highest BCUT2D eigenvalue weighted by Gasteiger charge is 2.51. The number of aromatic hydroxyl groups is 16. The standard InChI is InChI=1S/C115H124O28/c1-55-31-85(116)93(124)43-73(55)105(74-44-94(125)86(117)32-56(74)2)81-39-69(27-63(9)109(81)140-51-101(132)136-15)114(70-28-64(10)110(141-52-102(133)137-16)82(40-70)106(75-45-95(126)87(118)33-57(75)3)76-46-96(127)88(119)34-58(76)4)23-19-67(20-24-114)113(13,14)68-21-25-115(26-22-68,71-29-65(11)111(142-53-103(134)138-17)83(41-71)107(77-47-97(128)89(120)35-59(77)5)78-48-98(129)90(121)36-60(78)6)72-30-66(12)112(143-54-104(135)139-18)84(42-72)108(79-49-99(130)91(122)37-61(79)7)80-50-100(131)92(123)38-62(80)8/h27-50,67-68,105-108,116-131H,19-26,51-54H2,1-18H3. The van der Waals surface area contributed by atoms with Gasteiger partial charge in [-0.3, -0.25) is 0 Å². The van der Waals surface area contributed by atoms with Gasteiger partial charge < -0.3 is 120 Å². The van der Waals surface area contributed by atoms with Crippen LogP contribution >= 0.6 is 0 Å². The van der Waals surface area contributed by atoms with Crippen LogP contribution in [0.4, 0.5) is 0 Å². The molecular weight excluding hydrogens is 1830 g/mol. The summed E-state index contributed by atoms with van der Waals surface area (Å²) in [5, 5.41) is 183. The molecule has 0 aromatic heterocycles. The lowest BCUT2D eigenvalue weighted by molar-refractivity contribution is -0.143. The number of phenols is 16. The molecule has 28 nitrogen and oxygen atoms in total. The van der Waals surface area contributed by atoms with Crippen LogP contribution in [0.3, 0.4) is 0 Å². The van der Waals surface area contributed by atoms with Gasteiger partial charge in [-0.1, -0.05) is 62.4 Å². The summed E-state index contributed by atoms with van der Waals surface area (Å²) in [6.07, 6.45) is 3.45. The Hall–Kier alpha value is -15.5. The van der Waals surface area contributed by atoms with Gasteiger partial charge in [-0.25, -0.2) is 19.2 Å². The van der Waals surface area contributed by atoms with E-state index in [4.69, 9.17) is 37.9 Å². The lowest BCUT2D eigenvalue weighted by atomic mass is 9.52. The minimum absolute atomic E-state index is 0.123. The van der Waals surface area contributed by atoms with Crippen molar-refractivity contribution in [2.24, 2.45) is 17.3 Å². The molecule has 752 valence electrons. The summed E-state index contributed by atoms with van der Waals surface area (Å²) in [6, 6.07) is 38.5. The van der Waals surface area contributed by atoms with E-state index in [-0.39, 0.29) is 34.8 Å². The third-order valence-electron chi connectivity index (χ3n) is 30.1. The molecule has 14 rings (SSSR count). The van der Waals surface area contributed by atoms with Gasteiger partial charge in [0.05, 0.1) is 28.4 Å². The summed E-state index contributed by atoms with van der Waals surface area (Å²) in [7, 11) is 4.90. The van der Waals surface area contributed by atoms with E-state index in [1.54, 1.807) is 55.4 Å². The first-order valence-corrected chi connectivity index (χ1v) is 47.2. The van der Waals surface area contributed by atoms with Gasteiger partial charge in [0, 0.05) is 56.8 Å². The second kappa shape index (κ2) is 41.0. The summed E-state index contributed by atoms with van der Waals surface area (Å²) in [6.45, 7) is 23.5. The SMILES string of the molecule is COC(=O)COc1c(C)cc(C2(c3cc(C)c(OCC(=O)OC)c(C(c4cc(O)c(O)cc4C)c4cc(O)c(O)cc4C)c3)CCC(C(C)(C)C3CCC(c4cc(C)c(OCC(=O)OC)c(C(c5cc(O)c(O)cc5C)c5cc(O)c(O)cc5C)c4)(c4cc(C)c(OCC(=O)OC)c(C(c5cc(O)c(O)cc5C)c5cc(O)c(O)cc5C)c4)CC3)CC2)cc1C(c1cc(O)c(O)cc1C)c1cc(O)c(O)cc1C. The van der Waals surface area contributed by atoms with Crippen LogP contribution in [-0.4, -0.2) is 160 Å². The van der Waals surface area contributed by atoms with Crippen LogP contribution in [0.5, 0.6) is 115 Å². The van der Waals surface area contributed by atoms with Crippen molar-refractivity contribution >= 4 is 23.9 Å². The number of phenolic OH excluding ortho intramolecular Hbond substituents is 16. The highest BCUT2D eigenvalue weighted by Crippen LogP contribution is 2.62. The molecule has 2 saturated carbocycles. The van der Waals surface area contributed by atoms with Gasteiger partial charge >= 0.3 is 23.9 Å². The molecule has 0 aliphatic heterocycles. The van der Waals surface area contributed by atoms with Crippen molar-refractivity contribution in [3.63, 3.8) is 0 Å². The predicted molar refractivity (Wildman–Crippen MR) is 534 cm³/mol. The largest absolute Gasteiger partial charge is 0.504 e. The van der Waals surface area contributed by atoms with E-state index >= 15 is 0 Å². The van der Waals surface area contributed by atoms with Crippen LogP contribution in [0.25, 0.3) is 0 Å². The maximum atomic E-state index is 13.5. The number of carbonyl (C=O) groups is 4. The monoisotopic (exact) mass is 1950 g/mol. The second-order valence-electron chi connectivity index (χ2n) is 39.2. The molecule has 12 aromatic carbocycles. The third kappa shape index (κ3) is 20.1. The molecule has 0 spiro atoms. The smallest absolute Gasteiger partial charge is 0.343 e. The molecule has 2 aliphatic rings. The average Bonchev–Trinajstić information content (AvgIpc) is 0.734. The maximum absolute atomic E-state index is 13.5. The molecule has 143 heavy (non-hydrogen) atoms. The zero-order valence-electron chi connectivity index (χ0n) is 83.4.